The lowest BCUT2D eigenvalue weighted by Gasteiger charge is -2.12. The molecule has 0 saturated carbocycles. The van der Waals surface area contributed by atoms with Crippen molar-refractivity contribution in [2.24, 2.45) is 0 Å². The number of sulfonamides is 1. The molecule has 0 heterocycles. The highest BCUT2D eigenvalue weighted by atomic mass is 35.5. The van der Waals surface area contributed by atoms with E-state index in [9.17, 15) is 17.2 Å². The van der Waals surface area contributed by atoms with Crippen LogP contribution in [0.3, 0.4) is 0 Å². The van der Waals surface area contributed by atoms with E-state index in [1.807, 2.05) is 0 Å². The molecule has 1 aromatic rings. The Morgan fingerprint density at radius 2 is 1.84 bits per heavy atom. The molecule has 1 atom stereocenters. The number of hydrogen-bond donors (Lipinski definition) is 2. The third-order valence-corrected chi connectivity index (χ3v) is 4.01. The van der Waals surface area contributed by atoms with Gasteiger partial charge in [-0.1, -0.05) is 0 Å². The highest BCUT2D eigenvalue weighted by Gasteiger charge is 2.21. The van der Waals surface area contributed by atoms with Crippen LogP contribution in [0.5, 0.6) is 0 Å². The van der Waals surface area contributed by atoms with E-state index in [2.05, 4.69) is 10.0 Å². The van der Waals surface area contributed by atoms with Crippen molar-refractivity contribution >= 4 is 22.4 Å². The van der Waals surface area contributed by atoms with E-state index in [0.717, 1.165) is 6.07 Å². The van der Waals surface area contributed by atoms with Crippen molar-refractivity contribution in [3.8, 4) is 0 Å². The number of rotatable bonds is 5. The van der Waals surface area contributed by atoms with Gasteiger partial charge in [-0.05, 0) is 38.6 Å². The summed E-state index contributed by atoms with van der Waals surface area (Å²) < 4.78 is 52.6. The lowest BCUT2D eigenvalue weighted by atomic mass is 10.2. The minimum atomic E-state index is -4.04. The number of benzene rings is 1. The second-order valence-electron chi connectivity index (χ2n) is 4.07. The first-order valence-electron chi connectivity index (χ1n) is 5.40. The first kappa shape index (κ1) is 18.2. The van der Waals surface area contributed by atoms with Gasteiger partial charge in [0.25, 0.3) is 0 Å². The van der Waals surface area contributed by atoms with Crippen LogP contribution in [0.15, 0.2) is 17.0 Å². The zero-order valence-corrected chi connectivity index (χ0v) is 12.5. The smallest absolute Gasteiger partial charge is 0.243 e. The van der Waals surface area contributed by atoms with Crippen LogP contribution in [0.1, 0.15) is 12.5 Å². The standard InChI is InChI=1S/C11H16F2N2O2S.ClH/c1-7-4-10(13)11(5-9(7)12)18(16,17)15-6-8(2)14-3;/h4-5,8,14-15H,6H2,1-3H3;1H. The fourth-order valence-corrected chi connectivity index (χ4v) is 2.45. The second kappa shape index (κ2) is 7.14. The molecule has 0 amide bonds. The first-order chi connectivity index (χ1) is 8.27. The predicted octanol–water partition coefficient (Wildman–Crippen LogP) is 1.58. The maximum Gasteiger partial charge on any atom is 0.243 e. The van der Waals surface area contributed by atoms with Gasteiger partial charge in [-0.25, -0.2) is 21.9 Å². The third-order valence-electron chi connectivity index (χ3n) is 2.58. The molecule has 0 saturated heterocycles. The Morgan fingerprint density at radius 1 is 1.26 bits per heavy atom. The van der Waals surface area contributed by atoms with E-state index in [-0.39, 0.29) is 30.6 Å². The zero-order chi connectivity index (χ0) is 13.9. The molecule has 0 aromatic heterocycles. The highest BCUT2D eigenvalue weighted by molar-refractivity contribution is 7.89. The lowest BCUT2D eigenvalue weighted by molar-refractivity contribution is 0.532. The minimum Gasteiger partial charge on any atom is -0.316 e. The van der Waals surface area contributed by atoms with Crippen molar-refractivity contribution in [2.75, 3.05) is 13.6 Å². The van der Waals surface area contributed by atoms with E-state index >= 15 is 0 Å². The van der Waals surface area contributed by atoms with Crippen LogP contribution in [0.25, 0.3) is 0 Å². The number of likely N-dealkylation sites (N-methyl/N-ethyl adjacent to an activating group) is 1. The Labute approximate surface area is 118 Å². The van der Waals surface area contributed by atoms with Crippen molar-refractivity contribution in [2.45, 2.75) is 24.8 Å². The zero-order valence-electron chi connectivity index (χ0n) is 10.8. The molecule has 0 aliphatic rings. The maximum absolute atomic E-state index is 13.5. The summed E-state index contributed by atoms with van der Waals surface area (Å²) >= 11 is 0. The van der Waals surface area contributed by atoms with Crippen molar-refractivity contribution in [1.29, 1.82) is 0 Å². The first-order valence-corrected chi connectivity index (χ1v) is 6.89. The second-order valence-corrected chi connectivity index (χ2v) is 5.81. The summed E-state index contributed by atoms with van der Waals surface area (Å²) in [6, 6.07) is 1.45. The van der Waals surface area contributed by atoms with Crippen molar-refractivity contribution in [3.63, 3.8) is 0 Å². The van der Waals surface area contributed by atoms with Gasteiger partial charge in [0.05, 0.1) is 0 Å². The summed E-state index contributed by atoms with van der Waals surface area (Å²) in [6.45, 7) is 3.22. The summed E-state index contributed by atoms with van der Waals surface area (Å²) in [6.07, 6.45) is 0. The van der Waals surface area contributed by atoms with Gasteiger partial charge in [0.15, 0.2) is 0 Å². The van der Waals surface area contributed by atoms with Crippen molar-refractivity contribution < 1.29 is 17.2 Å². The Balaban J connectivity index is 0.00000324. The maximum atomic E-state index is 13.5. The predicted molar refractivity (Wildman–Crippen MR) is 72.1 cm³/mol. The molecule has 1 rings (SSSR count). The molecule has 0 aliphatic carbocycles. The Bertz CT molecular complexity index is 538. The van der Waals surface area contributed by atoms with Crippen LogP contribution in [0, 0.1) is 18.6 Å². The number of halogens is 3. The molecule has 0 fully saturated rings. The molecular formula is C11H17ClF2N2O2S. The average Bonchev–Trinajstić information content (AvgIpc) is 2.30. The molecule has 19 heavy (non-hydrogen) atoms. The Hall–Kier alpha value is -0.760. The van der Waals surface area contributed by atoms with Crippen LogP contribution < -0.4 is 10.0 Å². The van der Waals surface area contributed by atoms with Crippen LogP contribution in [-0.2, 0) is 10.0 Å². The monoisotopic (exact) mass is 314 g/mol. The van der Waals surface area contributed by atoms with Gasteiger partial charge in [0.1, 0.15) is 16.5 Å². The lowest BCUT2D eigenvalue weighted by Crippen LogP contribution is -2.37. The molecule has 0 bridgehead atoms. The molecule has 1 aromatic carbocycles. The number of aryl methyl sites for hydroxylation is 1. The van der Waals surface area contributed by atoms with Gasteiger partial charge < -0.3 is 5.32 Å². The van der Waals surface area contributed by atoms with Crippen molar-refractivity contribution in [1.82, 2.24) is 10.0 Å². The number of nitrogens with one attached hydrogen (secondary N) is 2. The SMILES string of the molecule is CNC(C)CNS(=O)(=O)c1cc(F)c(C)cc1F.Cl. The van der Waals surface area contributed by atoms with Crippen molar-refractivity contribution in [3.05, 3.63) is 29.3 Å². The van der Waals surface area contributed by atoms with E-state index in [1.54, 1.807) is 14.0 Å². The Morgan fingerprint density at radius 3 is 2.37 bits per heavy atom. The third kappa shape index (κ3) is 4.68. The molecule has 4 nitrogen and oxygen atoms in total. The van der Waals surface area contributed by atoms with E-state index < -0.39 is 26.6 Å². The van der Waals surface area contributed by atoms with E-state index in [4.69, 9.17) is 0 Å². The van der Waals surface area contributed by atoms with Gasteiger partial charge in [0, 0.05) is 12.6 Å². The average molecular weight is 315 g/mol. The summed E-state index contributed by atoms with van der Waals surface area (Å²) in [7, 11) is -2.37. The molecule has 8 heteroatoms. The van der Waals surface area contributed by atoms with E-state index in [0.29, 0.717) is 6.07 Å². The molecule has 0 aliphatic heterocycles. The summed E-state index contributed by atoms with van der Waals surface area (Å²) in [4.78, 5) is -0.672. The van der Waals surface area contributed by atoms with Crippen LogP contribution in [0.4, 0.5) is 8.78 Å². The summed E-state index contributed by atoms with van der Waals surface area (Å²) in [5, 5.41) is 2.83. The molecule has 0 radical (unpaired) electrons. The molecule has 0 spiro atoms. The van der Waals surface area contributed by atoms with Gasteiger partial charge >= 0.3 is 0 Å². The minimum absolute atomic E-state index is 0. The molecule has 110 valence electrons. The summed E-state index contributed by atoms with van der Waals surface area (Å²) in [5.74, 6) is -1.71. The fraction of sp³-hybridized carbons (Fsp3) is 0.455. The fourth-order valence-electron chi connectivity index (χ4n) is 1.25. The topological polar surface area (TPSA) is 58.2 Å². The summed E-state index contributed by atoms with van der Waals surface area (Å²) in [5.41, 5.74) is 0.0649. The van der Waals surface area contributed by atoms with Gasteiger partial charge in [-0.3, -0.25) is 0 Å². The van der Waals surface area contributed by atoms with E-state index in [1.165, 1.54) is 6.92 Å². The normalized spacial score (nSPS) is 12.9. The largest absolute Gasteiger partial charge is 0.316 e. The Kier molecular flexibility index (Phi) is 6.85. The van der Waals surface area contributed by atoms with Crippen LogP contribution >= 0.6 is 12.4 Å². The molecule has 2 N–H and O–H groups in total. The molecular weight excluding hydrogens is 298 g/mol. The van der Waals surface area contributed by atoms with Gasteiger partial charge in [0.2, 0.25) is 10.0 Å². The molecule has 1 unspecified atom stereocenters. The highest BCUT2D eigenvalue weighted by Crippen LogP contribution is 2.18. The van der Waals surface area contributed by atoms with Gasteiger partial charge in [-0.2, -0.15) is 0 Å². The van der Waals surface area contributed by atoms with Gasteiger partial charge in [-0.15, -0.1) is 12.4 Å². The number of hydrogen-bond acceptors (Lipinski definition) is 3. The quantitative estimate of drug-likeness (QED) is 0.867. The van der Waals surface area contributed by atoms with Crippen LogP contribution in [0.2, 0.25) is 0 Å². The van der Waals surface area contributed by atoms with Crippen LogP contribution in [-0.4, -0.2) is 28.1 Å².